The molecule has 0 aliphatic carbocycles. The summed E-state index contributed by atoms with van der Waals surface area (Å²) in [5.41, 5.74) is 0.527. The van der Waals surface area contributed by atoms with E-state index in [-0.39, 0.29) is 17.4 Å². The van der Waals surface area contributed by atoms with Gasteiger partial charge < -0.3 is 5.32 Å². The molecular formula is C16H15F4N. The van der Waals surface area contributed by atoms with Crippen LogP contribution in [0.2, 0.25) is 0 Å². The van der Waals surface area contributed by atoms with Crippen molar-refractivity contribution in [1.29, 1.82) is 0 Å². The quantitative estimate of drug-likeness (QED) is 0.755. The van der Waals surface area contributed by atoms with Crippen LogP contribution in [0.25, 0.3) is 0 Å². The summed E-state index contributed by atoms with van der Waals surface area (Å²) in [6.07, 6.45) is -4.39. The van der Waals surface area contributed by atoms with Gasteiger partial charge in [-0.15, -0.1) is 0 Å². The van der Waals surface area contributed by atoms with Gasteiger partial charge in [0.05, 0.1) is 5.56 Å². The van der Waals surface area contributed by atoms with Crippen molar-refractivity contribution < 1.29 is 17.6 Å². The van der Waals surface area contributed by atoms with E-state index in [1.807, 2.05) is 0 Å². The highest BCUT2D eigenvalue weighted by atomic mass is 19.4. The fourth-order valence-electron chi connectivity index (χ4n) is 2.13. The molecule has 0 aliphatic heterocycles. The molecule has 2 aromatic rings. The second-order valence-corrected chi connectivity index (χ2v) is 4.95. The van der Waals surface area contributed by atoms with E-state index in [0.717, 1.165) is 6.07 Å². The molecule has 1 N–H and O–H groups in total. The van der Waals surface area contributed by atoms with Crippen LogP contribution in [0.5, 0.6) is 0 Å². The molecule has 0 heterocycles. The maximum Gasteiger partial charge on any atom is 0.416 e. The fourth-order valence-corrected chi connectivity index (χ4v) is 2.13. The predicted octanol–water partition coefficient (Wildman–Crippen LogP) is 5.33. The Kier molecular flexibility index (Phi) is 4.21. The molecule has 0 aromatic heterocycles. The Morgan fingerprint density at radius 2 is 1.76 bits per heavy atom. The lowest BCUT2D eigenvalue weighted by molar-refractivity contribution is -0.138. The van der Waals surface area contributed by atoms with E-state index >= 15 is 0 Å². The standard InChI is InChI=1S/C16H15F4N/c1-10-6-7-14(9-15(10)16(18,19)20)21-11(2)12-4-3-5-13(17)8-12/h3-9,11,21H,1-2H3. The van der Waals surface area contributed by atoms with Crippen LogP contribution in [0.3, 0.4) is 0 Å². The van der Waals surface area contributed by atoms with Crippen molar-refractivity contribution in [2.75, 3.05) is 5.32 Å². The van der Waals surface area contributed by atoms with E-state index in [4.69, 9.17) is 0 Å². The normalized spacial score (nSPS) is 13.0. The van der Waals surface area contributed by atoms with Gasteiger partial charge in [0.2, 0.25) is 0 Å². The van der Waals surface area contributed by atoms with Crippen LogP contribution in [0.1, 0.15) is 29.7 Å². The Hall–Kier alpha value is -2.04. The van der Waals surface area contributed by atoms with Crippen molar-refractivity contribution in [3.05, 3.63) is 65.0 Å². The first-order valence-corrected chi connectivity index (χ1v) is 6.47. The highest BCUT2D eigenvalue weighted by Gasteiger charge is 2.32. The average Bonchev–Trinajstić information content (AvgIpc) is 2.39. The molecule has 2 rings (SSSR count). The molecule has 0 amide bonds. The van der Waals surface area contributed by atoms with Gasteiger partial charge in [-0.25, -0.2) is 4.39 Å². The lowest BCUT2D eigenvalue weighted by atomic mass is 10.1. The van der Waals surface area contributed by atoms with Crippen LogP contribution in [-0.4, -0.2) is 0 Å². The Balaban J connectivity index is 2.24. The van der Waals surface area contributed by atoms with Gasteiger partial charge in [-0.2, -0.15) is 13.2 Å². The van der Waals surface area contributed by atoms with Gasteiger partial charge in [-0.3, -0.25) is 0 Å². The van der Waals surface area contributed by atoms with Gasteiger partial charge >= 0.3 is 6.18 Å². The van der Waals surface area contributed by atoms with Gasteiger partial charge in [-0.1, -0.05) is 18.2 Å². The zero-order chi connectivity index (χ0) is 15.6. The van der Waals surface area contributed by atoms with Crippen molar-refractivity contribution in [2.45, 2.75) is 26.1 Å². The van der Waals surface area contributed by atoms with Crippen molar-refractivity contribution in [2.24, 2.45) is 0 Å². The minimum absolute atomic E-state index is 0.173. The zero-order valence-corrected chi connectivity index (χ0v) is 11.6. The van der Waals surface area contributed by atoms with Gasteiger partial charge in [0, 0.05) is 11.7 Å². The minimum Gasteiger partial charge on any atom is -0.379 e. The fraction of sp³-hybridized carbons (Fsp3) is 0.250. The van der Waals surface area contributed by atoms with Crippen molar-refractivity contribution in [1.82, 2.24) is 0 Å². The first-order valence-electron chi connectivity index (χ1n) is 6.47. The van der Waals surface area contributed by atoms with Crippen molar-refractivity contribution in [3.8, 4) is 0 Å². The minimum atomic E-state index is -4.39. The molecule has 0 aliphatic rings. The summed E-state index contributed by atoms with van der Waals surface area (Å²) in [6.45, 7) is 3.19. The third-order valence-corrected chi connectivity index (χ3v) is 3.27. The molecule has 1 nitrogen and oxygen atoms in total. The monoisotopic (exact) mass is 297 g/mol. The molecule has 0 bridgehead atoms. The van der Waals surface area contributed by atoms with Crippen LogP contribution in [-0.2, 0) is 6.18 Å². The second kappa shape index (κ2) is 5.76. The van der Waals surface area contributed by atoms with E-state index in [0.29, 0.717) is 11.3 Å². The number of halogens is 4. The summed E-state index contributed by atoms with van der Waals surface area (Å²) in [7, 11) is 0. The van der Waals surface area contributed by atoms with Gasteiger partial charge in [0.1, 0.15) is 5.82 Å². The van der Waals surface area contributed by atoms with Crippen LogP contribution in [0.4, 0.5) is 23.2 Å². The van der Waals surface area contributed by atoms with Gasteiger partial charge in [-0.05, 0) is 49.2 Å². The van der Waals surface area contributed by atoms with Crippen LogP contribution >= 0.6 is 0 Å². The highest BCUT2D eigenvalue weighted by molar-refractivity contribution is 5.50. The van der Waals surface area contributed by atoms with E-state index in [9.17, 15) is 17.6 Å². The summed E-state index contributed by atoms with van der Waals surface area (Å²) in [5.74, 6) is -0.374. The number of rotatable bonds is 3. The molecule has 0 saturated heterocycles. The predicted molar refractivity (Wildman–Crippen MR) is 74.6 cm³/mol. The maximum absolute atomic E-state index is 13.2. The lowest BCUT2D eigenvalue weighted by Crippen LogP contribution is -2.11. The molecule has 112 valence electrons. The molecule has 1 unspecified atom stereocenters. The number of hydrogen-bond donors (Lipinski definition) is 1. The molecule has 0 fully saturated rings. The van der Waals surface area contributed by atoms with E-state index in [1.165, 1.54) is 25.1 Å². The van der Waals surface area contributed by atoms with Crippen LogP contribution in [0.15, 0.2) is 42.5 Å². The Bertz CT molecular complexity index is 634. The van der Waals surface area contributed by atoms with E-state index in [1.54, 1.807) is 25.1 Å². The second-order valence-electron chi connectivity index (χ2n) is 4.95. The van der Waals surface area contributed by atoms with Gasteiger partial charge in [0.15, 0.2) is 0 Å². The van der Waals surface area contributed by atoms with Gasteiger partial charge in [0.25, 0.3) is 0 Å². The topological polar surface area (TPSA) is 12.0 Å². The van der Waals surface area contributed by atoms with Crippen molar-refractivity contribution in [3.63, 3.8) is 0 Å². The summed E-state index contributed by atoms with van der Waals surface area (Å²) in [5, 5.41) is 2.96. The molecule has 2 aromatic carbocycles. The number of nitrogens with one attached hydrogen (secondary N) is 1. The van der Waals surface area contributed by atoms with E-state index in [2.05, 4.69) is 5.32 Å². The smallest absolute Gasteiger partial charge is 0.379 e. The first kappa shape index (κ1) is 15.4. The number of benzene rings is 2. The van der Waals surface area contributed by atoms with E-state index < -0.39 is 11.7 Å². The molecule has 0 spiro atoms. The summed E-state index contributed by atoms with van der Waals surface area (Å²) in [4.78, 5) is 0. The summed E-state index contributed by atoms with van der Waals surface area (Å²) >= 11 is 0. The largest absolute Gasteiger partial charge is 0.416 e. The highest BCUT2D eigenvalue weighted by Crippen LogP contribution is 2.34. The molecule has 1 atom stereocenters. The maximum atomic E-state index is 13.2. The SMILES string of the molecule is Cc1ccc(NC(C)c2cccc(F)c2)cc1C(F)(F)F. The van der Waals surface area contributed by atoms with Crippen LogP contribution < -0.4 is 5.32 Å². The third kappa shape index (κ3) is 3.74. The van der Waals surface area contributed by atoms with Crippen LogP contribution in [0, 0.1) is 12.7 Å². The third-order valence-electron chi connectivity index (χ3n) is 3.27. The number of alkyl halides is 3. The average molecular weight is 297 g/mol. The van der Waals surface area contributed by atoms with Crippen molar-refractivity contribution >= 4 is 5.69 Å². The Labute approximate surface area is 120 Å². The first-order chi connectivity index (χ1) is 9.77. The number of anilines is 1. The summed E-state index contributed by atoms with van der Waals surface area (Å²) < 4.78 is 51.8. The molecular weight excluding hydrogens is 282 g/mol. The number of hydrogen-bond acceptors (Lipinski definition) is 1. The number of aryl methyl sites for hydroxylation is 1. The summed E-state index contributed by atoms with van der Waals surface area (Å²) in [6, 6.07) is 9.75. The lowest BCUT2D eigenvalue weighted by Gasteiger charge is -2.18. The molecule has 21 heavy (non-hydrogen) atoms. The molecule has 5 heteroatoms. The zero-order valence-electron chi connectivity index (χ0n) is 11.6. The molecule has 0 radical (unpaired) electrons. The molecule has 0 saturated carbocycles. The Morgan fingerprint density at radius 3 is 2.38 bits per heavy atom. The Morgan fingerprint density at radius 1 is 1.05 bits per heavy atom.